The van der Waals surface area contributed by atoms with Gasteiger partial charge in [-0.25, -0.2) is 15.0 Å². The molecule has 2 heterocycles. The number of likely N-dealkylation sites (N-methyl/N-ethyl adjacent to an activating group) is 1. The predicted molar refractivity (Wildman–Crippen MR) is 63.5 cm³/mol. The van der Waals surface area contributed by atoms with Crippen molar-refractivity contribution in [1.82, 2.24) is 24.8 Å². The summed E-state index contributed by atoms with van der Waals surface area (Å²) in [5.41, 5.74) is 1.28. The van der Waals surface area contributed by atoms with Crippen LogP contribution in [-0.4, -0.2) is 50.9 Å². The molecule has 1 atom stereocenters. The highest BCUT2D eigenvalue weighted by Crippen LogP contribution is 2.15. The number of hydrogen-bond donors (Lipinski definition) is 2. The lowest BCUT2D eigenvalue weighted by atomic mass is 10.3. The molecule has 0 spiro atoms. The topological polar surface area (TPSA) is 86.8 Å². The quantitative estimate of drug-likeness (QED) is 0.794. The van der Waals surface area contributed by atoms with Crippen LogP contribution < -0.4 is 5.32 Å². The molecule has 1 amide bonds. The third-order valence-electron chi connectivity index (χ3n) is 2.39. The van der Waals surface area contributed by atoms with Crippen LogP contribution in [0.5, 0.6) is 0 Å². The van der Waals surface area contributed by atoms with Gasteiger partial charge in [-0.1, -0.05) is 0 Å². The van der Waals surface area contributed by atoms with E-state index in [2.05, 4.69) is 25.3 Å². The van der Waals surface area contributed by atoms with Gasteiger partial charge in [0.2, 0.25) is 5.91 Å². The summed E-state index contributed by atoms with van der Waals surface area (Å²) in [6.07, 6.45) is 2.96. The number of nitrogens with one attached hydrogen (secondary N) is 2. The zero-order chi connectivity index (χ0) is 12.4. The molecular formula is C10H14N6O. The molecule has 0 bridgehead atoms. The number of aromatic nitrogens is 4. The largest absolute Gasteiger partial charge is 0.357 e. The lowest BCUT2D eigenvalue weighted by molar-refractivity contribution is -0.129. The number of amides is 1. The molecule has 17 heavy (non-hydrogen) atoms. The molecular weight excluding hydrogens is 220 g/mol. The Labute approximate surface area is 98.3 Å². The van der Waals surface area contributed by atoms with Crippen LogP contribution in [0.4, 0.5) is 5.82 Å². The molecule has 0 saturated carbocycles. The number of H-pyrrole nitrogens is 1. The monoisotopic (exact) mass is 234 g/mol. The Hall–Kier alpha value is -2.18. The van der Waals surface area contributed by atoms with Crippen LogP contribution in [-0.2, 0) is 4.79 Å². The summed E-state index contributed by atoms with van der Waals surface area (Å²) in [5, 5.41) is 3.04. The summed E-state index contributed by atoms with van der Waals surface area (Å²) < 4.78 is 0. The van der Waals surface area contributed by atoms with Gasteiger partial charge in [0.15, 0.2) is 11.5 Å². The van der Waals surface area contributed by atoms with Crippen LogP contribution in [0.15, 0.2) is 12.7 Å². The first-order valence-corrected chi connectivity index (χ1v) is 5.21. The maximum atomic E-state index is 11.7. The van der Waals surface area contributed by atoms with E-state index in [0.717, 1.165) is 0 Å². The second-order valence-electron chi connectivity index (χ2n) is 3.92. The van der Waals surface area contributed by atoms with E-state index in [1.165, 1.54) is 11.2 Å². The van der Waals surface area contributed by atoms with E-state index in [0.29, 0.717) is 17.0 Å². The van der Waals surface area contributed by atoms with Crippen LogP contribution in [0, 0.1) is 0 Å². The summed E-state index contributed by atoms with van der Waals surface area (Å²) in [5.74, 6) is 0.562. The van der Waals surface area contributed by atoms with Crippen LogP contribution in [0.25, 0.3) is 11.2 Å². The van der Waals surface area contributed by atoms with Crippen molar-refractivity contribution in [1.29, 1.82) is 0 Å². The summed E-state index contributed by atoms with van der Waals surface area (Å²) in [6.45, 7) is 1.78. The lowest BCUT2D eigenvalue weighted by Gasteiger charge is -2.18. The van der Waals surface area contributed by atoms with Crippen molar-refractivity contribution >= 4 is 22.9 Å². The molecule has 0 aliphatic heterocycles. The fraction of sp³-hybridized carbons (Fsp3) is 0.400. The van der Waals surface area contributed by atoms with E-state index in [9.17, 15) is 4.79 Å². The van der Waals surface area contributed by atoms with Gasteiger partial charge < -0.3 is 15.2 Å². The molecule has 0 aliphatic rings. The van der Waals surface area contributed by atoms with Gasteiger partial charge in [-0.05, 0) is 6.92 Å². The maximum Gasteiger partial charge on any atom is 0.244 e. The Kier molecular flexibility index (Phi) is 2.90. The molecule has 2 rings (SSSR count). The average Bonchev–Trinajstić information content (AvgIpc) is 2.76. The molecule has 0 aliphatic carbocycles. The minimum absolute atomic E-state index is 0.0173. The summed E-state index contributed by atoms with van der Waals surface area (Å²) in [6, 6.07) is -0.355. The normalized spacial score (nSPS) is 12.4. The van der Waals surface area contributed by atoms with E-state index >= 15 is 0 Å². The molecule has 7 nitrogen and oxygen atoms in total. The zero-order valence-corrected chi connectivity index (χ0v) is 9.93. The van der Waals surface area contributed by atoms with Crippen LogP contribution in [0.2, 0.25) is 0 Å². The second-order valence-corrected chi connectivity index (χ2v) is 3.92. The van der Waals surface area contributed by atoms with Gasteiger partial charge >= 0.3 is 0 Å². The molecule has 7 heteroatoms. The van der Waals surface area contributed by atoms with Crippen LogP contribution >= 0.6 is 0 Å². The molecule has 2 N–H and O–H groups in total. The van der Waals surface area contributed by atoms with Crippen molar-refractivity contribution in [2.24, 2.45) is 0 Å². The fourth-order valence-electron chi connectivity index (χ4n) is 1.53. The van der Waals surface area contributed by atoms with E-state index in [1.54, 1.807) is 27.3 Å². The molecule has 2 aromatic heterocycles. The second kappa shape index (κ2) is 4.36. The van der Waals surface area contributed by atoms with Gasteiger partial charge in [-0.15, -0.1) is 0 Å². The first kappa shape index (κ1) is 11.3. The Morgan fingerprint density at radius 1 is 1.41 bits per heavy atom. The van der Waals surface area contributed by atoms with Crippen molar-refractivity contribution < 1.29 is 4.79 Å². The standard InChI is InChI=1S/C10H14N6O/c1-6(10(17)16(2)3)15-9-7-8(12-4-11-7)13-5-14-9/h4-6H,1-3H3,(H2,11,12,13,14,15). The van der Waals surface area contributed by atoms with Crippen molar-refractivity contribution in [3.05, 3.63) is 12.7 Å². The molecule has 1 unspecified atom stereocenters. The van der Waals surface area contributed by atoms with Crippen molar-refractivity contribution in [3.8, 4) is 0 Å². The van der Waals surface area contributed by atoms with Gasteiger partial charge in [0, 0.05) is 14.1 Å². The number of carbonyl (C=O) groups is 1. The molecule has 2 aromatic rings. The summed E-state index contributed by atoms with van der Waals surface area (Å²) in [7, 11) is 3.43. The Morgan fingerprint density at radius 3 is 2.88 bits per heavy atom. The number of anilines is 1. The number of aromatic amines is 1. The number of rotatable bonds is 3. The molecule has 0 radical (unpaired) electrons. The minimum atomic E-state index is -0.355. The summed E-state index contributed by atoms with van der Waals surface area (Å²) in [4.78, 5) is 28.3. The number of imidazole rings is 1. The SMILES string of the molecule is CC(Nc1ncnc2nc[nH]c12)C(=O)N(C)C. The fourth-order valence-corrected chi connectivity index (χ4v) is 1.53. The smallest absolute Gasteiger partial charge is 0.244 e. The number of carbonyl (C=O) groups excluding carboxylic acids is 1. The molecule has 0 fully saturated rings. The third kappa shape index (κ3) is 2.17. The highest BCUT2D eigenvalue weighted by atomic mass is 16.2. The number of fused-ring (bicyclic) bond motifs is 1. The van der Waals surface area contributed by atoms with Crippen LogP contribution in [0.3, 0.4) is 0 Å². The van der Waals surface area contributed by atoms with Gasteiger partial charge in [0.1, 0.15) is 17.9 Å². The van der Waals surface area contributed by atoms with Crippen molar-refractivity contribution in [2.45, 2.75) is 13.0 Å². The zero-order valence-electron chi connectivity index (χ0n) is 9.93. The lowest BCUT2D eigenvalue weighted by Crippen LogP contribution is -2.36. The molecule has 90 valence electrons. The number of hydrogen-bond acceptors (Lipinski definition) is 5. The van der Waals surface area contributed by atoms with Crippen molar-refractivity contribution in [2.75, 3.05) is 19.4 Å². The van der Waals surface area contributed by atoms with E-state index in [4.69, 9.17) is 0 Å². The Morgan fingerprint density at radius 2 is 2.18 bits per heavy atom. The Balaban J connectivity index is 2.24. The molecule has 0 aromatic carbocycles. The highest BCUT2D eigenvalue weighted by molar-refractivity contribution is 5.88. The van der Waals surface area contributed by atoms with Crippen LogP contribution in [0.1, 0.15) is 6.92 Å². The van der Waals surface area contributed by atoms with Crippen molar-refractivity contribution in [3.63, 3.8) is 0 Å². The van der Waals surface area contributed by atoms with Gasteiger partial charge in [0.25, 0.3) is 0 Å². The average molecular weight is 234 g/mol. The first-order chi connectivity index (χ1) is 8.09. The maximum absolute atomic E-state index is 11.7. The summed E-state index contributed by atoms with van der Waals surface area (Å²) >= 11 is 0. The van der Waals surface area contributed by atoms with E-state index in [1.807, 2.05) is 0 Å². The van der Waals surface area contributed by atoms with Gasteiger partial charge in [0.05, 0.1) is 6.33 Å². The molecule has 0 saturated heterocycles. The van der Waals surface area contributed by atoms with Gasteiger partial charge in [-0.2, -0.15) is 0 Å². The Bertz CT molecular complexity index is 534. The predicted octanol–water partition coefficient (Wildman–Crippen LogP) is 0.241. The number of nitrogens with zero attached hydrogens (tertiary/aromatic N) is 4. The van der Waals surface area contributed by atoms with Gasteiger partial charge in [-0.3, -0.25) is 4.79 Å². The van der Waals surface area contributed by atoms with E-state index < -0.39 is 0 Å². The van der Waals surface area contributed by atoms with E-state index in [-0.39, 0.29) is 11.9 Å². The third-order valence-corrected chi connectivity index (χ3v) is 2.39. The first-order valence-electron chi connectivity index (χ1n) is 5.21. The minimum Gasteiger partial charge on any atom is -0.357 e. The highest BCUT2D eigenvalue weighted by Gasteiger charge is 2.16.